The molecular weight excluding hydrogens is 345 g/mol. The lowest BCUT2D eigenvalue weighted by molar-refractivity contribution is 0.440. The molecule has 0 aliphatic carbocycles. The lowest BCUT2D eigenvalue weighted by atomic mass is 10.3. The Morgan fingerprint density at radius 1 is 1.25 bits per heavy atom. The van der Waals surface area contributed by atoms with Gasteiger partial charge in [-0.2, -0.15) is 0 Å². The van der Waals surface area contributed by atoms with Crippen LogP contribution in [0.1, 0.15) is 0 Å². The van der Waals surface area contributed by atoms with Gasteiger partial charge in [-0.15, -0.1) is 0 Å². The van der Waals surface area contributed by atoms with Crippen molar-refractivity contribution in [3.63, 3.8) is 0 Å². The summed E-state index contributed by atoms with van der Waals surface area (Å²) in [6.07, 6.45) is 3.24. The number of rotatable bonds is 2. The molecule has 16 heavy (non-hydrogen) atoms. The summed E-state index contributed by atoms with van der Waals surface area (Å²) < 4.78 is 19.1. The van der Waals surface area contributed by atoms with E-state index in [4.69, 9.17) is 16.3 Å². The zero-order valence-electron chi connectivity index (χ0n) is 7.82. The van der Waals surface area contributed by atoms with Crippen LogP contribution >= 0.6 is 34.2 Å². The predicted molar refractivity (Wildman–Crippen MR) is 66.2 cm³/mol. The summed E-state index contributed by atoms with van der Waals surface area (Å²) in [4.78, 5) is 7.90. The Morgan fingerprint density at radius 3 is 2.56 bits per heavy atom. The molecule has 1 heterocycles. The molecule has 82 valence electrons. The topological polar surface area (TPSA) is 35.0 Å². The Labute approximate surface area is 110 Å². The fourth-order valence-electron chi connectivity index (χ4n) is 0.999. The van der Waals surface area contributed by atoms with Crippen molar-refractivity contribution in [3.8, 4) is 11.8 Å². The number of nitrogens with zero attached hydrogens (tertiary/aromatic N) is 2. The molecular formula is C10H5ClFIN2O. The molecule has 0 aliphatic heterocycles. The van der Waals surface area contributed by atoms with Crippen molar-refractivity contribution >= 4 is 34.2 Å². The molecule has 2 rings (SSSR count). The smallest absolute Gasteiger partial charge is 0.321 e. The van der Waals surface area contributed by atoms with Crippen molar-refractivity contribution < 1.29 is 9.13 Å². The first-order valence-electron chi connectivity index (χ1n) is 4.25. The van der Waals surface area contributed by atoms with E-state index in [1.54, 1.807) is 12.4 Å². The van der Waals surface area contributed by atoms with Crippen LogP contribution in [0.3, 0.4) is 0 Å². The van der Waals surface area contributed by atoms with E-state index in [9.17, 15) is 4.39 Å². The van der Waals surface area contributed by atoms with Crippen LogP contribution in [-0.4, -0.2) is 9.97 Å². The van der Waals surface area contributed by atoms with Gasteiger partial charge in [-0.3, -0.25) is 0 Å². The van der Waals surface area contributed by atoms with E-state index >= 15 is 0 Å². The van der Waals surface area contributed by atoms with Crippen LogP contribution in [-0.2, 0) is 0 Å². The third kappa shape index (κ3) is 2.79. The van der Waals surface area contributed by atoms with Crippen LogP contribution in [0.2, 0.25) is 5.02 Å². The number of hydrogen-bond donors (Lipinski definition) is 0. The van der Waals surface area contributed by atoms with Gasteiger partial charge >= 0.3 is 6.01 Å². The zero-order chi connectivity index (χ0) is 11.5. The molecule has 0 radical (unpaired) electrons. The second-order valence-electron chi connectivity index (χ2n) is 2.86. The van der Waals surface area contributed by atoms with Crippen molar-refractivity contribution in [1.29, 1.82) is 0 Å². The first-order chi connectivity index (χ1) is 7.65. The predicted octanol–water partition coefficient (Wildman–Crippen LogP) is 3.67. The van der Waals surface area contributed by atoms with Crippen LogP contribution in [0, 0.1) is 9.39 Å². The molecule has 0 aliphatic rings. The van der Waals surface area contributed by atoms with Gasteiger partial charge in [0.15, 0.2) is 0 Å². The minimum atomic E-state index is -0.488. The van der Waals surface area contributed by atoms with Gasteiger partial charge in [-0.1, -0.05) is 11.6 Å². The highest BCUT2D eigenvalue weighted by Gasteiger charge is 2.04. The molecule has 0 atom stereocenters. The van der Waals surface area contributed by atoms with Crippen LogP contribution in [0.4, 0.5) is 4.39 Å². The van der Waals surface area contributed by atoms with Crippen molar-refractivity contribution in [2.75, 3.05) is 0 Å². The molecule has 0 bridgehead atoms. The summed E-state index contributed by atoms with van der Waals surface area (Å²) >= 11 is 7.69. The lowest BCUT2D eigenvalue weighted by Gasteiger charge is -2.03. The van der Waals surface area contributed by atoms with Gasteiger partial charge in [0.2, 0.25) is 0 Å². The Morgan fingerprint density at radius 2 is 1.94 bits per heavy atom. The molecule has 0 spiro atoms. The summed E-state index contributed by atoms with van der Waals surface area (Å²) in [5, 5.41) is 0.00279. The molecule has 0 amide bonds. The van der Waals surface area contributed by atoms with E-state index in [1.807, 2.05) is 0 Å². The number of benzene rings is 1. The van der Waals surface area contributed by atoms with Crippen LogP contribution in [0.15, 0.2) is 30.6 Å². The maximum atomic E-state index is 12.9. The van der Waals surface area contributed by atoms with Crippen molar-refractivity contribution in [2.24, 2.45) is 0 Å². The standard InChI is InChI=1S/C10H5ClFIN2O/c11-8-3-7(1-2-9(8)12)16-10-14-4-6(13)5-15-10/h1-5H. The van der Waals surface area contributed by atoms with Crippen LogP contribution in [0.25, 0.3) is 0 Å². The van der Waals surface area contributed by atoms with Crippen molar-refractivity contribution in [3.05, 3.63) is 45.0 Å². The van der Waals surface area contributed by atoms with E-state index in [0.29, 0.717) is 5.75 Å². The largest absolute Gasteiger partial charge is 0.424 e. The molecule has 6 heteroatoms. The first kappa shape index (κ1) is 11.5. The minimum absolute atomic E-state index is 0.00279. The summed E-state index contributed by atoms with van der Waals surface area (Å²) in [5.74, 6) is -0.0925. The Kier molecular flexibility index (Phi) is 3.55. The SMILES string of the molecule is Fc1ccc(Oc2ncc(I)cn2)cc1Cl. The van der Waals surface area contributed by atoms with Gasteiger partial charge < -0.3 is 4.74 Å². The van der Waals surface area contributed by atoms with Gasteiger partial charge in [0.1, 0.15) is 11.6 Å². The van der Waals surface area contributed by atoms with Crippen molar-refractivity contribution in [2.45, 2.75) is 0 Å². The summed E-state index contributed by atoms with van der Waals surface area (Å²) in [6, 6.07) is 4.26. The van der Waals surface area contributed by atoms with Gasteiger partial charge in [0.05, 0.1) is 5.02 Å². The molecule has 0 unspecified atom stereocenters. The summed E-state index contributed by atoms with van der Waals surface area (Å²) in [7, 11) is 0. The highest BCUT2D eigenvalue weighted by molar-refractivity contribution is 14.1. The molecule has 3 nitrogen and oxygen atoms in total. The zero-order valence-corrected chi connectivity index (χ0v) is 10.7. The maximum absolute atomic E-state index is 12.9. The van der Waals surface area contributed by atoms with E-state index in [0.717, 1.165) is 3.57 Å². The highest BCUT2D eigenvalue weighted by atomic mass is 127. The number of aromatic nitrogens is 2. The molecule has 1 aromatic carbocycles. The maximum Gasteiger partial charge on any atom is 0.321 e. The quantitative estimate of drug-likeness (QED) is 0.775. The van der Waals surface area contributed by atoms with Crippen LogP contribution in [0.5, 0.6) is 11.8 Å². The Hall–Kier alpha value is -0.950. The molecule has 2 aromatic rings. The second-order valence-corrected chi connectivity index (χ2v) is 4.51. The third-order valence-electron chi connectivity index (χ3n) is 1.70. The minimum Gasteiger partial charge on any atom is -0.424 e. The first-order valence-corrected chi connectivity index (χ1v) is 5.71. The fourth-order valence-corrected chi connectivity index (χ4v) is 1.45. The molecule has 1 aromatic heterocycles. The number of halogens is 3. The van der Waals surface area contributed by atoms with Gasteiger partial charge in [0.25, 0.3) is 0 Å². The number of hydrogen-bond acceptors (Lipinski definition) is 3. The second kappa shape index (κ2) is 4.92. The fraction of sp³-hybridized carbons (Fsp3) is 0. The van der Waals surface area contributed by atoms with Gasteiger partial charge in [-0.25, -0.2) is 14.4 Å². The monoisotopic (exact) mass is 350 g/mol. The molecule has 0 fully saturated rings. The molecule has 0 saturated heterocycles. The average Bonchev–Trinajstić information content (AvgIpc) is 2.27. The van der Waals surface area contributed by atoms with Crippen molar-refractivity contribution in [1.82, 2.24) is 9.97 Å². The van der Waals surface area contributed by atoms with E-state index in [1.165, 1.54) is 18.2 Å². The average molecular weight is 351 g/mol. The Balaban J connectivity index is 2.20. The normalized spacial score (nSPS) is 10.2. The molecule has 0 saturated carbocycles. The third-order valence-corrected chi connectivity index (χ3v) is 2.54. The lowest BCUT2D eigenvalue weighted by Crippen LogP contribution is -1.92. The van der Waals surface area contributed by atoms with E-state index in [-0.39, 0.29) is 11.0 Å². The van der Waals surface area contributed by atoms with Crippen LogP contribution < -0.4 is 4.74 Å². The van der Waals surface area contributed by atoms with Gasteiger partial charge in [-0.05, 0) is 34.7 Å². The Bertz CT molecular complexity index is 507. The summed E-state index contributed by atoms with van der Waals surface area (Å²) in [6.45, 7) is 0. The van der Waals surface area contributed by atoms with Gasteiger partial charge in [0, 0.05) is 22.0 Å². The molecule has 0 N–H and O–H groups in total. The highest BCUT2D eigenvalue weighted by Crippen LogP contribution is 2.24. The summed E-state index contributed by atoms with van der Waals surface area (Å²) in [5.41, 5.74) is 0. The number of ether oxygens (including phenoxy) is 1. The van der Waals surface area contributed by atoms with E-state index in [2.05, 4.69) is 32.6 Å². The van der Waals surface area contributed by atoms with E-state index < -0.39 is 5.82 Å².